The maximum Gasteiger partial charge on any atom is 0.446 e. The van der Waals surface area contributed by atoms with Gasteiger partial charge in [-0.2, -0.15) is 13.2 Å². The minimum Gasteiger partial charge on any atom is -0.341 e. The lowest BCUT2D eigenvalue weighted by Crippen LogP contribution is -2.45. The van der Waals surface area contributed by atoms with Gasteiger partial charge in [-0.05, 0) is 42.8 Å². The van der Waals surface area contributed by atoms with Gasteiger partial charge in [-0.1, -0.05) is 6.07 Å². The molecule has 3 aliphatic heterocycles. The van der Waals surface area contributed by atoms with Crippen LogP contribution in [0.2, 0.25) is 0 Å². The number of thioether (sulfide) groups is 1. The van der Waals surface area contributed by atoms with Crippen molar-refractivity contribution < 1.29 is 22.8 Å². The summed E-state index contributed by atoms with van der Waals surface area (Å²) in [6.07, 6.45) is 1.61. The number of nitrogens with one attached hydrogen (secondary N) is 1. The Morgan fingerprint density at radius 1 is 1.28 bits per heavy atom. The number of rotatable bonds is 2. The van der Waals surface area contributed by atoms with E-state index >= 15 is 0 Å². The van der Waals surface area contributed by atoms with Crippen LogP contribution in [0.4, 0.5) is 23.7 Å². The number of alkyl halides is 3. The number of fused-ring (bicyclic) bond motifs is 4. The lowest BCUT2D eigenvalue weighted by Gasteiger charge is -2.32. The summed E-state index contributed by atoms with van der Waals surface area (Å²) >= 11 is -0.224. The number of nitrogens with zero attached hydrogens (tertiary/aromatic N) is 2. The third-order valence-electron chi connectivity index (χ3n) is 4.57. The van der Waals surface area contributed by atoms with E-state index < -0.39 is 11.5 Å². The van der Waals surface area contributed by atoms with Crippen LogP contribution in [-0.4, -0.2) is 53.4 Å². The molecule has 4 rings (SSSR count). The van der Waals surface area contributed by atoms with Crippen LogP contribution in [0, 0.1) is 5.92 Å². The zero-order valence-corrected chi connectivity index (χ0v) is 14.4. The fourth-order valence-electron chi connectivity index (χ4n) is 3.30. The first kappa shape index (κ1) is 17.9. The molecule has 2 atom stereocenters. The lowest BCUT2D eigenvalue weighted by molar-refractivity contribution is -0.138. The first-order chi connectivity index (χ1) is 11.7. The van der Waals surface area contributed by atoms with Crippen molar-refractivity contribution in [1.29, 1.82) is 0 Å². The average Bonchev–Trinajstić information content (AvgIpc) is 2.80. The highest BCUT2D eigenvalue weighted by Crippen LogP contribution is 2.37. The second-order valence-corrected chi connectivity index (χ2v) is 7.43. The zero-order valence-electron chi connectivity index (χ0n) is 13.5. The summed E-state index contributed by atoms with van der Waals surface area (Å²) < 4.78 is 37.4. The van der Waals surface area contributed by atoms with E-state index in [1.807, 2.05) is 0 Å². The number of hydrogen-bond acceptors (Lipinski definition) is 3. The van der Waals surface area contributed by atoms with Gasteiger partial charge in [-0.3, -0.25) is 4.79 Å². The van der Waals surface area contributed by atoms with E-state index in [1.165, 1.54) is 18.2 Å². The molecule has 3 heterocycles. The van der Waals surface area contributed by atoms with Gasteiger partial charge in [-0.25, -0.2) is 4.79 Å². The highest BCUT2D eigenvalue weighted by molar-refractivity contribution is 8.00. The third-order valence-corrected chi connectivity index (χ3v) is 5.29. The molecular weight excluding hydrogens is 355 g/mol. The number of anilines is 1. The quantitative estimate of drug-likeness (QED) is 0.809. The summed E-state index contributed by atoms with van der Waals surface area (Å²) in [5.74, 6) is -0.156. The molecule has 3 fully saturated rings. The molecule has 136 valence electrons. The number of amides is 3. The molecule has 0 spiro atoms. The summed E-state index contributed by atoms with van der Waals surface area (Å²) in [6, 6.07) is 5.24. The topological polar surface area (TPSA) is 52.7 Å². The van der Waals surface area contributed by atoms with Gasteiger partial charge >= 0.3 is 11.5 Å². The first-order valence-corrected chi connectivity index (χ1v) is 8.73. The Hall–Kier alpha value is -1.90. The molecule has 25 heavy (non-hydrogen) atoms. The Labute approximate surface area is 147 Å². The van der Waals surface area contributed by atoms with Crippen LogP contribution in [-0.2, 0) is 4.79 Å². The summed E-state index contributed by atoms with van der Waals surface area (Å²) in [6.45, 7) is 0.768. The van der Waals surface area contributed by atoms with E-state index in [-0.39, 0.29) is 34.5 Å². The second kappa shape index (κ2) is 6.78. The van der Waals surface area contributed by atoms with Crippen LogP contribution < -0.4 is 5.32 Å². The van der Waals surface area contributed by atoms with Crippen molar-refractivity contribution in [2.75, 3.05) is 25.5 Å². The van der Waals surface area contributed by atoms with E-state index in [1.54, 1.807) is 22.9 Å². The van der Waals surface area contributed by atoms with Gasteiger partial charge in [0.05, 0.1) is 5.92 Å². The lowest BCUT2D eigenvalue weighted by atomic mass is 9.95. The minimum atomic E-state index is -4.38. The van der Waals surface area contributed by atoms with Crippen LogP contribution in [0.1, 0.15) is 12.8 Å². The maximum absolute atomic E-state index is 12.5. The Kier molecular flexibility index (Phi) is 4.86. The fraction of sp³-hybridized carbons (Fsp3) is 0.500. The van der Waals surface area contributed by atoms with Crippen LogP contribution in [0.5, 0.6) is 0 Å². The van der Waals surface area contributed by atoms with Crippen molar-refractivity contribution in [2.45, 2.75) is 29.3 Å². The van der Waals surface area contributed by atoms with Crippen molar-refractivity contribution in [3.05, 3.63) is 24.3 Å². The van der Waals surface area contributed by atoms with Gasteiger partial charge in [0.25, 0.3) is 0 Å². The molecule has 3 aliphatic rings. The Morgan fingerprint density at radius 3 is 2.76 bits per heavy atom. The molecular formula is C16H18F3N3O2S. The summed E-state index contributed by atoms with van der Waals surface area (Å²) in [5, 5.41) is 2.64. The van der Waals surface area contributed by atoms with Crippen LogP contribution in [0.3, 0.4) is 0 Å². The molecule has 1 N–H and O–H groups in total. The van der Waals surface area contributed by atoms with Gasteiger partial charge in [0, 0.05) is 36.8 Å². The minimum absolute atomic E-state index is 0.0101. The molecule has 1 aromatic carbocycles. The third kappa shape index (κ3) is 4.20. The SMILES string of the molecule is CN1C(=O)[C@@H]2CC[C@H]1CN(C(=O)Nc1cccc(SC(F)(F)F)c1)C2. The van der Waals surface area contributed by atoms with E-state index in [9.17, 15) is 22.8 Å². The number of likely N-dealkylation sites (N-methyl/N-ethyl adjacent to an activating group) is 1. The van der Waals surface area contributed by atoms with E-state index in [2.05, 4.69) is 5.32 Å². The molecule has 0 saturated carbocycles. The fourth-order valence-corrected chi connectivity index (χ4v) is 3.90. The Morgan fingerprint density at radius 2 is 2.04 bits per heavy atom. The van der Waals surface area contributed by atoms with E-state index in [4.69, 9.17) is 0 Å². The molecule has 3 amide bonds. The number of urea groups is 1. The normalized spacial score (nSPS) is 23.6. The van der Waals surface area contributed by atoms with Gasteiger partial charge < -0.3 is 15.1 Å². The van der Waals surface area contributed by atoms with Crippen LogP contribution in [0.15, 0.2) is 29.2 Å². The van der Waals surface area contributed by atoms with Gasteiger partial charge in [-0.15, -0.1) is 0 Å². The highest BCUT2D eigenvalue weighted by atomic mass is 32.2. The van der Waals surface area contributed by atoms with Gasteiger partial charge in [0.1, 0.15) is 0 Å². The molecule has 5 nitrogen and oxygen atoms in total. The molecule has 2 bridgehead atoms. The number of benzene rings is 1. The number of carbonyl (C=O) groups is 2. The van der Waals surface area contributed by atoms with Gasteiger partial charge in [0.2, 0.25) is 5.91 Å². The maximum atomic E-state index is 12.5. The van der Waals surface area contributed by atoms with Crippen molar-refractivity contribution >= 4 is 29.4 Å². The van der Waals surface area contributed by atoms with E-state index in [0.29, 0.717) is 18.8 Å². The van der Waals surface area contributed by atoms with Crippen molar-refractivity contribution in [3.8, 4) is 0 Å². The zero-order chi connectivity index (χ0) is 18.2. The van der Waals surface area contributed by atoms with Crippen molar-refractivity contribution in [2.24, 2.45) is 5.92 Å². The molecule has 9 heteroatoms. The molecule has 0 unspecified atom stereocenters. The van der Waals surface area contributed by atoms with Crippen molar-refractivity contribution in [3.63, 3.8) is 0 Å². The predicted octanol–water partition coefficient (Wildman–Crippen LogP) is 3.38. The number of carbonyl (C=O) groups excluding carboxylic acids is 2. The highest BCUT2D eigenvalue weighted by Gasteiger charge is 2.40. The standard InChI is InChI=1S/C16H18F3N3O2S/c1-21-12-6-5-10(14(21)23)8-22(9-12)15(24)20-11-3-2-4-13(7-11)25-16(17,18)19/h2-4,7,10,12H,5-6,8-9H2,1H3,(H,20,24)/t10-,12+/m1/s1. The average molecular weight is 373 g/mol. The number of halogens is 3. The molecule has 1 aromatic rings. The van der Waals surface area contributed by atoms with Gasteiger partial charge in [0.15, 0.2) is 0 Å². The smallest absolute Gasteiger partial charge is 0.341 e. The summed E-state index contributed by atoms with van der Waals surface area (Å²) in [5.41, 5.74) is -4.08. The Bertz CT molecular complexity index is 683. The second-order valence-electron chi connectivity index (χ2n) is 6.29. The predicted molar refractivity (Wildman–Crippen MR) is 88.2 cm³/mol. The van der Waals surface area contributed by atoms with E-state index in [0.717, 1.165) is 12.8 Å². The molecule has 0 aliphatic carbocycles. The monoisotopic (exact) mass is 373 g/mol. The number of hydrogen-bond donors (Lipinski definition) is 1. The summed E-state index contributed by atoms with van der Waals surface area (Å²) in [7, 11) is 1.75. The first-order valence-electron chi connectivity index (χ1n) is 7.91. The van der Waals surface area contributed by atoms with Crippen molar-refractivity contribution in [1.82, 2.24) is 9.80 Å². The number of piperidine rings is 1. The largest absolute Gasteiger partial charge is 0.446 e. The molecule has 3 saturated heterocycles. The van der Waals surface area contributed by atoms with Crippen LogP contribution >= 0.6 is 11.8 Å². The molecule has 0 aromatic heterocycles. The molecule has 0 radical (unpaired) electrons. The summed E-state index contributed by atoms with van der Waals surface area (Å²) in [4.78, 5) is 28.0. The Balaban J connectivity index is 1.68. The van der Waals surface area contributed by atoms with Crippen LogP contribution in [0.25, 0.3) is 0 Å².